The molecule has 0 spiro atoms. The van der Waals surface area contributed by atoms with Crippen molar-refractivity contribution in [1.29, 1.82) is 0 Å². The Bertz CT molecular complexity index is 557. The Kier molecular flexibility index (Phi) is 4.87. The van der Waals surface area contributed by atoms with E-state index in [1.54, 1.807) is 7.11 Å². The first-order valence-corrected chi connectivity index (χ1v) is 8.44. The molecule has 1 saturated heterocycles. The van der Waals surface area contributed by atoms with Crippen LogP contribution >= 0.6 is 0 Å². The van der Waals surface area contributed by atoms with Crippen LogP contribution in [0.2, 0.25) is 0 Å². The van der Waals surface area contributed by atoms with Gasteiger partial charge in [-0.25, -0.2) is 0 Å². The first kappa shape index (κ1) is 16.3. The van der Waals surface area contributed by atoms with E-state index in [1.165, 1.54) is 5.56 Å². The van der Waals surface area contributed by atoms with Gasteiger partial charge < -0.3 is 14.8 Å². The van der Waals surface area contributed by atoms with Crippen LogP contribution in [0.1, 0.15) is 25.3 Å². The van der Waals surface area contributed by atoms with Gasteiger partial charge in [-0.3, -0.25) is 9.69 Å². The number of rotatable bonds is 6. The van der Waals surface area contributed by atoms with Crippen LogP contribution in [0, 0.1) is 0 Å². The third-order valence-electron chi connectivity index (χ3n) is 5.02. The standard InChI is InChI=1S/C18H26N2O3/c1-3-20-10-11-23-16(12-20)17(21)19-13-18(8-9-18)14-6-4-5-7-15(14)22-2/h4-7,16H,3,8-13H2,1-2H3,(H,19,21). The highest BCUT2D eigenvalue weighted by Crippen LogP contribution is 2.50. The van der Waals surface area contributed by atoms with Crippen LogP contribution in [0.25, 0.3) is 0 Å². The van der Waals surface area contributed by atoms with Crippen LogP contribution in [0.5, 0.6) is 5.75 Å². The molecule has 2 fully saturated rings. The van der Waals surface area contributed by atoms with Crippen molar-refractivity contribution in [3.8, 4) is 5.75 Å². The van der Waals surface area contributed by atoms with E-state index in [0.717, 1.165) is 31.7 Å². The molecule has 126 valence electrons. The van der Waals surface area contributed by atoms with Gasteiger partial charge in [0.1, 0.15) is 11.9 Å². The molecule has 0 aromatic heterocycles. The summed E-state index contributed by atoms with van der Waals surface area (Å²) in [4.78, 5) is 14.7. The summed E-state index contributed by atoms with van der Waals surface area (Å²) in [6.45, 7) is 5.94. The maximum Gasteiger partial charge on any atom is 0.250 e. The van der Waals surface area contributed by atoms with Gasteiger partial charge in [-0.1, -0.05) is 25.1 Å². The molecule has 2 aliphatic rings. The van der Waals surface area contributed by atoms with Crippen LogP contribution in [0.3, 0.4) is 0 Å². The van der Waals surface area contributed by atoms with Gasteiger partial charge in [-0.05, 0) is 25.5 Å². The number of ether oxygens (including phenoxy) is 2. The zero-order valence-corrected chi connectivity index (χ0v) is 14.0. The quantitative estimate of drug-likeness (QED) is 0.865. The second-order valence-electron chi connectivity index (χ2n) is 6.45. The maximum absolute atomic E-state index is 12.4. The SMILES string of the molecule is CCN1CCOC(C(=O)NCC2(c3ccccc3OC)CC2)C1. The van der Waals surface area contributed by atoms with E-state index in [0.29, 0.717) is 19.7 Å². The number of likely N-dealkylation sites (N-methyl/N-ethyl adjacent to an activating group) is 1. The van der Waals surface area contributed by atoms with Gasteiger partial charge in [-0.15, -0.1) is 0 Å². The molecule has 1 saturated carbocycles. The van der Waals surface area contributed by atoms with Gasteiger partial charge in [0.25, 0.3) is 5.91 Å². The smallest absolute Gasteiger partial charge is 0.250 e. The Morgan fingerprint density at radius 3 is 2.91 bits per heavy atom. The first-order chi connectivity index (χ1) is 11.2. The van der Waals surface area contributed by atoms with Crippen molar-refractivity contribution in [3.63, 3.8) is 0 Å². The van der Waals surface area contributed by atoms with Crippen molar-refractivity contribution in [2.45, 2.75) is 31.3 Å². The summed E-state index contributed by atoms with van der Waals surface area (Å²) in [6, 6.07) is 8.10. The average molecular weight is 318 g/mol. The highest BCUT2D eigenvalue weighted by atomic mass is 16.5. The molecule has 1 heterocycles. The monoisotopic (exact) mass is 318 g/mol. The molecule has 1 amide bonds. The highest BCUT2D eigenvalue weighted by Gasteiger charge is 2.46. The van der Waals surface area contributed by atoms with Gasteiger partial charge in [0, 0.05) is 30.6 Å². The topological polar surface area (TPSA) is 50.8 Å². The number of nitrogens with one attached hydrogen (secondary N) is 1. The van der Waals surface area contributed by atoms with E-state index in [4.69, 9.17) is 9.47 Å². The van der Waals surface area contributed by atoms with E-state index in [-0.39, 0.29) is 17.4 Å². The largest absolute Gasteiger partial charge is 0.496 e. The molecule has 0 bridgehead atoms. The van der Waals surface area contributed by atoms with E-state index in [9.17, 15) is 4.79 Å². The second kappa shape index (κ2) is 6.89. The number of carbonyl (C=O) groups excluding carboxylic acids is 1. The Morgan fingerprint density at radius 1 is 1.43 bits per heavy atom. The van der Waals surface area contributed by atoms with Crippen molar-refractivity contribution in [2.75, 3.05) is 39.9 Å². The van der Waals surface area contributed by atoms with Crippen LogP contribution in [0.15, 0.2) is 24.3 Å². The number of nitrogens with zero attached hydrogens (tertiary/aromatic N) is 1. The van der Waals surface area contributed by atoms with Gasteiger partial charge in [0.15, 0.2) is 0 Å². The molecule has 1 aliphatic carbocycles. The van der Waals surface area contributed by atoms with Crippen molar-refractivity contribution in [3.05, 3.63) is 29.8 Å². The number of benzene rings is 1. The Labute approximate surface area is 137 Å². The summed E-state index contributed by atoms with van der Waals surface area (Å²) in [5.74, 6) is 0.912. The van der Waals surface area contributed by atoms with Gasteiger partial charge >= 0.3 is 0 Å². The molecule has 0 radical (unpaired) electrons. The van der Waals surface area contributed by atoms with Gasteiger partial charge in [-0.2, -0.15) is 0 Å². The fourth-order valence-corrected chi connectivity index (χ4v) is 3.29. The van der Waals surface area contributed by atoms with E-state index in [1.807, 2.05) is 18.2 Å². The maximum atomic E-state index is 12.4. The van der Waals surface area contributed by atoms with Gasteiger partial charge in [0.05, 0.1) is 13.7 Å². The summed E-state index contributed by atoms with van der Waals surface area (Å²) in [7, 11) is 1.70. The normalized spacial score (nSPS) is 23.3. The summed E-state index contributed by atoms with van der Waals surface area (Å²) < 4.78 is 11.1. The zero-order chi connectivity index (χ0) is 16.3. The van der Waals surface area contributed by atoms with Crippen molar-refractivity contribution in [1.82, 2.24) is 10.2 Å². The fraction of sp³-hybridized carbons (Fsp3) is 0.611. The first-order valence-electron chi connectivity index (χ1n) is 8.44. The molecule has 1 aromatic carbocycles. The molecule has 5 heteroatoms. The van der Waals surface area contributed by atoms with Crippen molar-refractivity contribution >= 4 is 5.91 Å². The number of para-hydroxylation sites is 1. The molecule has 1 unspecified atom stereocenters. The molecular weight excluding hydrogens is 292 g/mol. The summed E-state index contributed by atoms with van der Waals surface area (Å²) in [6.07, 6.45) is 1.82. The second-order valence-corrected chi connectivity index (χ2v) is 6.45. The minimum atomic E-state index is -0.350. The number of hydrogen-bond donors (Lipinski definition) is 1. The zero-order valence-electron chi connectivity index (χ0n) is 14.0. The average Bonchev–Trinajstić information content (AvgIpc) is 3.40. The van der Waals surface area contributed by atoms with Crippen LogP contribution in [0.4, 0.5) is 0 Å². The molecular formula is C18H26N2O3. The minimum Gasteiger partial charge on any atom is -0.496 e. The lowest BCUT2D eigenvalue weighted by Gasteiger charge is -2.31. The van der Waals surface area contributed by atoms with Crippen LogP contribution in [-0.4, -0.2) is 56.8 Å². The van der Waals surface area contributed by atoms with Crippen molar-refractivity contribution in [2.24, 2.45) is 0 Å². The predicted molar refractivity (Wildman–Crippen MR) is 88.8 cm³/mol. The summed E-state index contributed by atoms with van der Waals surface area (Å²) in [5, 5.41) is 3.10. The Balaban J connectivity index is 1.60. The van der Waals surface area contributed by atoms with Gasteiger partial charge in [0.2, 0.25) is 0 Å². The number of methoxy groups -OCH3 is 1. The lowest BCUT2D eigenvalue weighted by Crippen LogP contribution is -2.50. The summed E-state index contributed by atoms with van der Waals surface area (Å²) >= 11 is 0. The minimum absolute atomic E-state index is 0.00400. The molecule has 3 rings (SSSR count). The highest BCUT2D eigenvalue weighted by molar-refractivity contribution is 5.81. The number of amides is 1. The lowest BCUT2D eigenvalue weighted by atomic mass is 9.94. The number of morpholine rings is 1. The summed E-state index contributed by atoms with van der Waals surface area (Å²) in [5.41, 5.74) is 1.23. The van der Waals surface area contributed by atoms with Crippen molar-refractivity contribution < 1.29 is 14.3 Å². The molecule has 1 atom stereocenters. The molecule has 23 heavy (non-hydrogen) atoms. The van der Waals surface area contributed by atoms with Crippen LogP contribution < -0.4 is 10.1 Å². The predicted octanol–water partition coefficient (Wildman–Crippen LogP) is 1.56. The molecule has 5 nitrogen and oxygen atoms in total. The third kappa shape index (κ3) is 3.51. The Hall–Kier alpha value is -1.59. The molecule has 1 aromatic rings. The number of carbonyl (C=O) groups is 1. The molecule has 1 N–H and O–H groups in total. The lowest BCUT2D eigenvalue weighted by molar-refractivity contribution is -0.138. The van der Waals surface area contributed by atoms with E-state index in [2.05, 4.69) is 23.2 Å². The van der Waals surface area contributed by atoms with E-state index < -0.39 is 0 Å². The van der Waals surface area contributed by atoms with Crippen LogP contribution in [-0.2, 0) is 14.9 Å². The fourth-order valence-electron chi connectivity index (χ4n) is 3.29. The molecule has 1 aliphatic heterocycles. The van der Waals surface area contributed by atoms with E-state index >= 15 is 0 Å². The number of hydrogen-bond acceptors (Lipinski definition) is 4. The third-order valence-corrected chi connectivity index (χ3v) is 5.02. The Morgan fingerprint density at radius 2 is 2.22 bits per heavy atom.